The van der Waals surface area contributed by atoms with Gasteiger partial charge in [-0.1, -0.05) is 147 Å². The van der Waals surface area contributed by atoms with Gasteiger partial charge in [-0.2, -0.15) is 0 Å². The highest BCUT2D eigenvalue weighted by molar-refractivity contribution is 6.73. The lowest BCUT2D eigenvalue weighted by atomic mass is 9.59. The van der Waals surface area contributed by atoms with Gasteiger partial charge in [-0.25, -0.2) is 0 Å². The van der Waals surface area contributed by atoms with E-state index in [-0.39, 0.29) is 21.7 Å². The van der Waals surface area contributed by atoms with Gasteiger partial charge in [-0.05, 0) is 140 Å². The van der Waals surface area contributed by atoms with E-state index in [1.165, 1.54) is 71.6 Å². The van der Waals surface area contributed by atoms with Gasteiger partial charge in [0.25, 0.3) is 0 Å². The van der Waals surface area contributed by atoms with Crippen molar-refractivity contribution < 1.29 is 8.83 Å². The van der Waals surface area contributed by atoms with Crippen LogP contribution in [0.4, 0.5) is 11.4 Å². The van der Waals surface area contributed by atoms with Gasteiger partial charge in [0.2, 0.25) is 0 Å². The predicted molar refractivity (Wildman–Crippen MR) is 295 cm³/mol. The van der Waals surface area contributed by atoms with Crippen molar-refractivity contribution in [3.63, 3.8) is 0 Å². The predicted octanol–water partition coefficient (Wildman–Crippen LogP) is 16.4. The minimum atomic E-state index is -0.147. The molecule has 0 saturated heterocycles. The van der Waals surface area contributed by atoms with Crippen molar-refractivity contribution in [2.75, 3.05) is 5.32 Å². The van der Waals surface area contributed by atoms with Crippen molar-refractivity contribution in [3.8, 4) is 39.3 Å². The summed E-state index contributed by atoms with van der Waals surface area (Å²) in [4.78, 5) is 0. The number of furan rings is 2. The Bertz CT molecular complexity index is 4060. The van der Waals surface area contributed by atoms with Gasteiger partial charge in [0, 0.05) is 66.4 Å². The zero-order chi connectivity index (χ0) is 47.8. The molecule has 4 heterocycles. The summed E-state index contributed by atoms with van der Waals surface area (Å²) in [6, 6.07) is 54.4. The van der Waals surface area contributed by atoms with Crippen LogP contribution in [0, 0.1) is 0 Å². The van der Waals surface area contributed by atoms with Crippen molar-refractivity contribution in [2.45, 2.75) is 96.8 Å². The number of aromatic nitrogens is 1. The third-order valence-corrected chi connectivity index (χ3v) is 16.8. The van der Waals surface area contributed by atoms with Crippen LogP contribution in [0.2, 0.25) is 0 Å². The molecule has 5 heteroatoms. The Labute approximate surface area is 410 Å². The highest BCUT2D eigenvalue weighted by atomic mass is 16.3. The Kier molecular flexibility index (Phi) is 8.33. The summed E-state index contributed by atoms with van der Waals surface area (Å²) in [5.41, 5.74) is 23.6. The van der Waals surface area contributed by atoms with Crippen LogP contribution in [0.15, 0.2) is 154 Å². The van der Waals surface area contributed by atoms with E-state index >= 15 is 0 Å². The van der Waals surface area contributed by atoms with Gasteiger partial charge < -0.3 is 18.7 Å². The molecule has 0 fully saturated rings. The highest BCUT2D eigenvalue weighted by Crippen LogP contribution is 2.53. The molecule has 0 bridgehead atoms. The molecule has 2 aliphatic carbocycles. The molecule has 14 rings (SSSR count). The number of nitrogens with one attached hydrogen (secondary N) is 1. The highest BCUT2D eigenvalue weighted by Gasteiger charge is 2.39. The first-order valence-electron chi connectivity index (χ1n) is 25.2. The van der Waals surface area contributed by atoms with Crippen LogP contribution in [0.25, 0.3) is 94.0 Å². The quantitative estimate of drug-likeness (QED) is 0.179. The molecule has 0 unspecified atom stereocenters. The first kappa shape index (κ1) is 41.7. The van der Waals surface area contributed by atoms with Gasteiger partial charge >= 0.3 is 0 Å². The third kappa shape index (κ3) is 5.90. The number of hydrogen-bond acceptors (Lipinski definition) is 3. The molecule has 70 heavy (non-hydrogen) atoms. The maximum Gasteiger partial charge on any atom is 0.198 e. The van der Waals surface area contributed by atoms with Crippen LogP contribution in [0.3, 0.4) is 0 Å². The normalized spacial score (nSPS) is 16.1. The average molecular weight is 908 g/mol. The fraction of sp³-hybridized carbons (Fsp3) is 0.231. The smallest absolute Gasteiger partial charge is 0.198 e. The molecule has 341 valence electrons. The molecule has 1 aliphatic heterocycles. The second-order valence-corrected chi connectivity index (χ2v) is 23.5. The Morgan fingerprint density at radius 1 is 0.543 bits per heavy atom. The fourth-order valence-corrected chi connectivity index (χ4v) is 12.7. The van der Waals surface area contributed by atoms with Crippen LogP contribution in [-0.2, 0) is 21.7 Å². The fourth-order valence-electron chi connectivity index (χ4n) is 12.7. The first-order valence-corrected chi connectivity index (χ1v) is 25.2. The van der Waals surface area contributed by atoms with E-state index in [4.69, 9.17) is 8.83 Å². The summed E-state index contributed by atoms with van der Waals surface area (Å²) in [5.74, 6) is 0.871. The maximum atomic E-state index is 6.95. The summed E-state index contributed by atoms with van der Waals surface area (Å²) in [7, 11) is 2.42. The Hall–Kier alpha value is -7.24. The molecule has 1 N–H and O–H groups in total. The van der Waals surface area contributed by atoms with E-state index in [0.29, 0.717) is 0 Å². The van der Waals surface area contributed by atoms with Gasteiger partial charge in [-0.15, -0.1) is 0 Å². The van der Waals surface area contributed by atoms with Crippen LogP contribution in [0.5, 0.6) is 0 Å². The SMILES string of the molecule is CC(C)(C)c1ccc(Nc2cc3oc4cc5c(cc4c3cc2-c2ccc3c4cc6c(cc4n4c3c2[B]c2cc3oc(-c7ccccc7)cc3cc2-4)C(C)(C)c2ccccc2-6)C(C)(C)CCC5(C)C)cc1. The number of anilines is 2. The zero-order valence-electron chi connectivity index (χ0n) is 41.6. The topological polar surface area (TPSA) is 43.2 Å². The summed E-state index contributed by atoms with van der Waals surface area (Å²) >= 11 is 0. The second-order valence-electron chi connectivity index (χ2n) is 23.5. The van der Waals surface area contributed by atoms with Gasteiger partial charge in [0.15, 0.2) is 7.28 Å². The largest absolute Gasteiger partial charge is 0.456 e. The van der Waals surface area contributed by atoms with E-state index < -0.39 is 0 Å². The van der Waals surface area contributed by atoms with E-state index in [2.05, 4.69) is 225 Å². The van der Waals surface area contributed by atoms with E-state index in [0.717, 1.165) is 85.3 Å². The summed E-state index contributed by atoms with van der Waals surface area (Å²) in [5, 5.41) is 9.84. The van der Waals surface area contributed by atoms with E-state index in [1.54, 1.807) is 0 Å². The monoisotopic (exact) mass is 907 g/mol. The second kappa shape index (κ2) is 14.0. The molecule has 0 spiro atoms. The molecule has 0 saturated carbocycles. The van der Waals surface area contributed by atoms with Gasteiger partial charge in [0.05, 0.1) is 11.2 Å². The minimum absolute atomic E-state index is 0.0471. The standard InChI is InChI=1S/C65H56BN2O2/c1-62(2,3)38-19-21-39(22-20-38)67-53-35-59-46(47-31-50-51(33-58(47)70-59)64(6,7)26-25-63(50,4)5)30-44(53)41-23-24-42-45-29-43-40-17-13-14-18-48(40)65(8,9)49(43)32-54(45)68-55-27-37-28-56(36-15-11-10-12-16-36)69-57(37)34-52(55)66-60(41)61(42)68/h10-24,27-35,67H,25-26H2,1-9H3. The molecular formula is C65H56BN2O2. The maximum absolute atomic E-state index is 6.95. The minimum Gasteiger partial charge on any atom is -0.456 e. The van der Waals surface area contributed by atoms with Crippen molar-refractivity contribution in [1.29, 1.82) is 0 Å². The van der Waals surface area contributed by atoms with Crippen LogP contribution >= 0.6 is 0 Å². The number of fused-ring (bicyclic) bond motifs is 13. The Morgan fingerprint density at radius 3 is 2.01 bits per heavy atom. The molecule has 4 nitrogen and oxygen atoms in total. The third-order valence-electron chi connectivity index (χ3n) is 16.8. The molecular weight excluding hydrogens is 852 g/mol. The number of nitrogens with zero attached hydrogens (tertiary/aromatic N) is 1. The molecule has 11 aromatic rings. The Morgan fingerprint density at radius 2 is 1.24 bits per heavy atom. The van der Waals surface area contributed by atoms with E-state index in [9.17, 15) is 0 Å². The zero-order valence-corrected chi connectivity index (χ0v) is 41.6. The van der Waals surface area contributed by atoms with Crippen LogP contribution < -0.4 is 16.2 Å². The van der Waals surface area contributed by atoms with Crippen LogP contribution in [-0.4, -0.2) is 11.8 Å². The van der Waals surface area contributed by atoms with E-state index in [1.807, 2.05) is 0 Å². The Balaban J connectivity index is 1.05. The molecule has 3 aromatic heterocycles. The average Bonchev–Trinajstić information content (AvgIpc) is 4.07. The lowest BCUT2D eigenvalue weighted by Gasteiger charge is -2.41. The first-order chi connectivity index (χ1) is 33.5. The number of hydrogen-bond donors (Lipinski definition) is 1. The molecule has 8 aromatic carbocycles. The number of benzene rings is 8. The lowest BCUT2D eigenvalue weighted by molar-refractivity contribution is 0.332. The van der Waals surface area contributed by atoms with Crippen molar-refractivity contribution >= 4 is 84.3 Å². The van der Waals surface area contributed by atoms with Crippen molar-refractivity contribution in [2.24, 2.45) is 0 Å². The molecule has 0 amide bonds. The summed E-state index contributed by atoms with van der Waals surface area (Å²) in [6.45, 7) is 21.2. The number of rotatable bonds is 4. The van der Waals surface area contributed by atoms with Gasteiger partial charge in [-0.3, -0.25) is 0 Å². The molecule has 3 aliphatic rings. The van der Waals surface area contributed by atoms with Crippen LogP contribution in [0.1, 0.15) is 103 Å². The summed E-state index contributed by atoms with van der Waals surface area (Å²) < 4.78 is 16.2. The molecule has 1 radical (unpaired) electrons. The summed E-state index contributed by atoms with van der Waals surface area (Å²) in [6.07, 6.45) is 2.31. The van der Waals surface area contributed by atoms with Gasteiger partial charge in [0.1, 0.15) is 22.5 Å². The van der Waals surface area contributed by atoms with Crippen molar-refractivity contribution in [3.05, 3.63) is 173 Å². The lowest BCUT2D eigenvalue weighted by Crippen LogP contribution is -2.37. The molecule has 0 atom stereocenters. The van der Waals surface area contributed by atoms with Crippen molar-refractivity contribution in [1.82, 2.24) is 4.57 Å².